The van der Waals surface area contributed by atoms with E-state index in [1.807, 2.05) is 6.92 Å². The van der Waals surface area contributed by atoms with Gasteiger partial charge in [0.2, 0.25) is 5.91 Å². The van der Waals surface area contributed by atoms with E-state index < -0.39 is 17.2 Å². The first-order valence-electron chi connectivity index (χ1n) is 8.94. The molecule has 0 saturated carbocycles. The quantitative estimate of drug-likeness (QED) is 0.474. The highest BCUT2D eigenvalue weighted by molar-refractivity contribution is 7.18. The summed E-state index contributed by atoms with van der Waals surface area (Å²) in [5.41, 5.74) is -0.280. The van der Waals surface area contributed by atoms with E-state index in [1.54, 1.807) is 36.4 Å². The zero-order chi connectivity index (χ0) is 21.4. The lowest BCUT2D eigenvalue weighted by Crippen LogP contribution is -2.40. The number of carbonyl (C=O) groups excluding carboxylic acids is 1. The Morgan fingerprint density at radius 1 is 1.13 bits per heavy atom. The van der Waals surface area contributed by atoms with Gasteiger partial charge in [-0.3, -0.25) is 14.2 Å². The van der Waals surface area contributed by atoms with E-state index in [0.29, 0.717) is 26.6 Å². The van der Waals surface area contributed by atoms with Crippen molar-refractivity contribution in [2.75, 3.05) is 5.32 Å². The smallest absolute Gasteiger partial charge is 0.337 e. The van der Waals surface area contributed by atoms with Gasteiger partial charge in [0.05, 0.1) is 11.1 Å². The Morgan fingerprint density at radius 2 is 1.87 bits per heavy atom. The number of fused-ring (bicyclic) bond motifs is 1. The molecule has 152 valence electrons. The Labute approximate surface area is 179 Å². The molecule has 1 amide bonds. The highest BCUT2D eigenvalue weighted by Crippen LogP contribution is 2.22. The van der Waals surface area contributed by atoms with Crippen molar-refractivity contribution in [3.63, 3.8) is 0 Å². The second-order valence-corrected chi connectivity index (χ2v) is 8.33. The zero-order valence-electron chi connectivity index (χ0n) is 15.8. The fourth-order valence-corrected chi connectivity index (χ4v) is 4.32. The van der Waals surface area contributed by atoms with E-state index in [9.17, 15) is 19.5 Å². The number of phenolic OH excluding ortho intramolecular Hbond substituents is 1. The summed E-state index contributed by atoms with van der Waals surface area (Å²) in [6.45, 7) is 1.55. The van der Waals surface area contributed by atoms with Crippen LogP contribution in [0.25, 0.3) is 15.9 Å². The van der Waals surface area contributed by atoms with Gasteiger partial charge in [0.25, 0.3) is 5.56 Å². The summed E-state index contributed by atoms with van der Waals surface area (Å²) in [6.07, 6.45) is 0. The van der Waals surface area contributed by atoms with Crippen LogP contribution in [0.15, 0.2) is 64.2 Å². The molecular weight excluding hydrogens is 426 g/mol. The van der Waals surface area contributed by atoms with Crippen molar-refractivity contribution >= 4 is 44.7 Å². The van der Waals surface area contributed by atoms with Crippen molar-refractivity contribution in [3.8, 4) is 11.4 Å². The van der Waals surface area contributed by atoms with Crippen LogP contribution in [0, 0.1) is 6.92 Å². The number of benzene rings is 2. The van der Waals surface area contributed by atoms with Crippen LogP contribution in [-0.4, -0.2) is 20.1 Å². The number of aromatic hydroxyl groups is 1. The van der Waals surface area contributed by atoms with Crippen LogP contribution in [0.4, 0.5) is 5.69 Å². The fourth-order valence-electron chi connectivity index (χ4n) is 3.14. The number of phenols is 1. The molecule has 2 aromatic carbocycles. The van der Waals surface area contributed by atoms with Crippen LogP contribution >= 0.6 is 22.9 Å². The van der Waals surface area contributed by atoms with Crippen molar-refractivity contribution < 1.29 is 9.90 Å². The first-order valence-corrected chi connectivity index (χ1v) is 10.1. The zero-order valence-corrected chi connectivity index (χ0v) is 17.3. The second-order valence-electron chi connectivity index (χ2n) is 6.66. The molecule has 0 radical (unpaired) electrons. The van der Waals surface area contributed by atoms with Crippen LogP contribution in [0.1, 0.15) is 4.88 Å². The molecule has 0 fully saturated rings. The normalized spacial score (nSPS) is 11.0. The molecule has 4 aromatic rings. The monoisotopic (exact) mass is 441 g/mol. The third-order valence-electron chi connectivity index (χ3n) is 4.46. The number of amides is 1. The summed E-state index contributed by atoms with van der Waals surface area (Å²) in [6, 6.07) is 14.1. The minimum Gasteiger partial charge on any atom is -0.508 e. The predicted octanol–water partition coefficient (Wildman–Crippen LogP) is 3.52. The number of carbonyl (C=O) groups is 1. The average Bonchev–Trinajstić information content (AvgIpc) is 3.09. The number of nitrogens with one attached hydrogen (secondary N) is 1. The number of halogens is 1. The Hall–Kier alpha value is -3.36. The van der Waals surface area contributed by atoms with Gasteiger partial charge < -0.3 is 10.4 Å². The Bertz CT molecular complexity index is 1390. The highest BCUT2D eigenvalue weighted by atomic mass is 35.5. The van der Waals surface area contributed by atoms with E-state index in [0.717, 1.165) is 9.44 Å². The Balaban J connectivity index is 1.82. The van der Waals surface area contributed by atoms with E-state index in [1.165, 1.54) is 34.1 Å². The number of hydrogen-bond donors (Lipinski definition) is 2. The minimum atomic E-state index is -0.627. The number of hydrogen-bond acceptors (Lipinski definition) is 5. The molecule has 7 nitrogen and oxygen atoms in total. The maximum atomic E-state index is 13.2. The molecule has 2 heterocycles. The predicted molar refractivity (Wildman–Crippen MR) is 118 cm³/mol. The largest absolute Gasteiger partial charge is 0.508 e. The van der Waals surface area contributed by atoms with Crippen molar-refractivity contribution in [3.05, 3.63) is 85.3 Å². The molecule has 2 aromatic heterocycles. The van der Waals surface area contributed by atoms with Crippen molar-refractivity contribution in [1.82, 2.24) is 9.13 Å². The molecule has 2 N–H and O–H groups in total. The summed E-state index contributed by atoms with van der Waals surface area (Å²) in [4.78, 5) is 40.2. The second kappa shape index (κ2) is 7.81. The lowest BCUT2D eigenvalue weighted by Gasteiger charge is -2.12. The van der Waals surface area contributed by atoms with Gasteiger partial charge in [0.1, 0.15) is 17.1 Å². The molecule has 0 aliphatic heterocycles. The lowest BCUT2D eigenvalue weighted by molar-refractivity contribution is -0.116. The average molecular weight is 442 g/mol. The topological polar surface area (TPSA) is 93.3 Å². The molecule has 30 heavy (non-hydrogen) atoms. The fraction of sp³-hybridized carbons (Fsp3) is 0.0952. The molecular formula is C21H16ClN3O4S. The molecule has 0 atom stereocenters. The standard InChI is InChI=1S/C21H16ClN3O4S/c1-12-9-17-19(28)25(15-4-2-3-13(22)10-15)21(29)24(20(17)30-12)11-18(27)23-14-5-7-16(26)8-6-14/h2-10,26H,11H2,1H3,(H,23,27). The van der Waals surface area contributed by atoms with E-state index in [2.05, 4.69) is 5.32 Å². The number of thiophene rings is 1. The van der Waals surface area contributed by atoms with E-state index in [4.69, 9.17) is 11.6 Å². The van der Waals surface area contributed by atoms with Gasteiger partial charge in [-0.1, -0.05) is 17.7 Å². The van der Waals surface area contributed by atoms with Crippen LogP contribution in [0.2, 0.25) is 5.02 Å². The van der Waals surface area contributed by atoms with Crippen LogP contribution in [0.3, 0.4) is 0 Å². The third-order valence-corrected chi connectivity index (χ3v) is 5.76. The summed E-state index contributed by atoms with van der Waals surface area (Å²) in [5, 5.41) is 12.8. The summed E-state index contributed by atoms with van der Waals surface area (Å²) in [5.74, 6) is -0.361. The lowest BCUT2D eigenvalue weighted by atomic mass is 10.3. The summed E-state index contributed by atoms with van der Waals surface area (Å²) < 4.78 is 2.30. The maximum absolute atomic E-state index is 13.2. The van der Waals surface area contributed by atoms with Crippen LogP contribution in [0.5, 0.6) is 5.75 Å². The first-order chi connectivity index (χ1) is 14.3. The Kier molecular flexibility index (Phi) is 5.19. The third kappa shape index (κ3) is 3.74. The molecule has 0 aliphatic rings. The van der Waals surface area contributed by atoms with Gasteiger partial charge in [-0.05, 0) is 55.5 Å². The molecule has 0 saturated heterocycles. The van der Waals surface area contributed by atoms with Gasteiger partial charge in [-0.15, -0.1) is 11.3 Å². The first kappa shape index (κ1) is 19.9. The SMILES string of the molecule is Cc1cc2c(=O)n(-c3cccc(Cl)c3)c(=O)n(CC(=O)Nc3ccc(O)cc3)c2s1. The van der Waals surface area contributed by atoms with Crippen LogP contribution < -0.4 is 16.6 Å². The van der Waals surface area contributed by atoms with Crippen molar-refractivity contribution in [2.45, 2.75) is 13.5 Å². The van der Waals surface area contributed by atoms with Gasteiger partial charge in [-0.2, -0.15) is 0 Å². The van der Waals surface area contributed by atoms with Gasteiger partial charge in [-0.25, -0.2) is 9.36 Å². The minimum absolute atomic E-state index is 0.0774. The van der Waals surface area contributed by atoms with Crippen molar-refractivity contribution in [2.24, 2.45) is 0 Å². The van der Waals surface area contributed by atoms with Gasteiger partial charge >= 0.3 is 5.69 Å². The van der Waals surface area contributed by atoms with Gasteiger partial charge in [0.15, 0.2) is 0 Å². The number of anilines is 1. The van der Waals surface area contributed by atoms with Crippen molar-refractivity contribution in [1.29, 1.82) is 0 Å². The highest BCUT2D eigenvalue weighted by Gasteiger charge is 2.19. The summed E-state index contributed by atoms with van der Waals surface area (Å²) in [7, 11) is 0. The molecule has 0 unspecified atom stereocenters. The number of aromatic nitrogens is 2. The van der Waals surface area contributed by atoms with E-state index >= 15 is 0 Å². The number of nitrogens with zero attached hydrogens (tertiary/aromatic N) is 2. The van der Waals surface area contributed by atoms with Crippen LogP contribution in [-0.2, 0) is 11.3 Å². The summed E-state index contributed by atoms with van der Waals surface area (Å²) >= 11 is 7.32. The molecule has 0 bridgehead atoms. The number of aryl methyl sites for hydroxylation is 1. The van der Waals surface area contributed by atoms with Gasteiger partial charge in [0, 0.05) is 15.6 Å². The van der Waals surface area contributed by atoms with E-state index in [-0.39, 0.29) is 12.3 Å². The molecule has 0 aliphatic carbocycles. The maximum Gasteiger partial charge on any atom is 0.337 e. The Morgan fingerprint density at radius 3 is 2.57 bits per heavy atom. The number of rotatable bonds is 4. The molecule has 9 heteroatoms. The molecule has 4 rings (SSSR count). The molecule has 0 spiro atoms.